The molecule has 2 nitrogen and oxygen atoms in total. The van der Waals surface area contributed by atoms with Crippen molar-refractivity contribution in [1.82, 2.24) is 0 Å². The summed E-state index contributed by atoms with van der Waals surface area (Å²) in [6.07, 6.45) is 34.5. The average Bonchev–Trinajstić information content (AvgIpc) is 3.14. The molecular formula is C43H62O2. The molecule has 45 heavy (non-hydrogen) atoms. The molecule has 0 radical (unpaired) electrons. The van der Waals surface area contributed by atoms with Crippen LogP contribution in [0.2, 0.25) is 0 Å². The maximum atomic E-state index is 6.48. The van der Waals surface area contributed by atoms with Gasteiger partial charge in [0.05, 0.1) is 13.2 Å². The second-order valence-corrected chi connectivity index (χ2v) is 13.8. The minimum atomic E-state index is -0.00373. The molecule has 0 saturated heterocycles. The fourth-order valence-corrected chi connectivity index (χ4v) is 7.78. The number of unbranched alkanes of at least 4 members (excludes halogenated alkanes) is 10. The molecule has 0 aliphatic heterocycles. The van der Waals surface area contributed by atoms with Gasteiger partial charge in [0.1, 0.15) is 5.76 Å². The van der Waals surface area contributed by atoms with Crippen LogP contribution < -0.4 is 0 Å². The maximum Gasteiger partial charge on any atom is 0.117 e. The van der Waals surface area contributed by atoms with Gasteiger partial charge >= 0.3 is 0 Å². The zero-order valence-electron chi connectivity index (χ0n) is 29.3. The van der Waals surface area contributed by atoms with Gasteiger partial charge in [-0.1, -0.05) is 127 Å². The van der Waals surface area contributed by atoms with E-state index in [1.165, 1.54) is 111 Å². The molecular weight excluding hydrogens is 548 g/mol. The van der Waals surface area contributed by atoms with Crippen LogP contribution >= 0.6 is 0 Å². The molecule has 0 heterocycles. The third kappa shape index (κ3) is 9.47. The van der Waals surface area contributed by atoms with Crippen molar-refractivity contribution in [3.63, 3.8) is 0 Å². The lowest BCUT2D eigenvalue weighted by Crippen LogP contribution is -2.32. The van der Waals surface area contributed by atoms with Crippen molar-refractivity contribution in [2.24, 2.45) is 0 Å². The van der Waals surface area contributed by atoms with Crippen LogP contribution in [0.25, 0.3) is 5.57 Å². The van der Waals surface area contributed by atoms with Gasteiger partial charge in [0.2, 0.25) is 0 Å². The standard InChI is InChI=1S/C43H62O2/c1-6-9-11-13-15-17-28-44-30-26-37(45-29-18-16-14-12-10-7-2)32-36(8-3)33-43-27-20-23-38-35(5)24-25-40(42(38)43)39-22-19-21-34(4)31-41(39)43/h8,19,21,24-26,31-32H,3,6-7,9-18,20,22-23,27-30,33H2,1-2,4-5H3/b36-32+,37-26+. The molecule has 1 aromatic rings. The van der Waals surface area contributed by atoms with Crippen LogP contribution in [0.1, 0.15) is 146 Å². The molecule has 1 atom stereocenters. The monoisotopic (exact) mass is 610 g/mol. The second kappa shape index (κ2) is 18.5. The van der Waals surface area contributed by atoms with Crippen molar-refractivity contribution in [2.45, 2.75) is 142 Å². The summed E-state index contributed by atoms with van der Waals surface area (Å²) in [6, 6.07) is 4.77. The van der Waals surface area contributed by atoms with E-state index in [-0.39, 0.29) is 5.41 Å². The molecule has 4 rings (SSSR count). The number of hydrogen-bond donors (Lipinski definition) is 0. The minimum Gasteiger partial charge on any atom is -0.494 e. The Morgan fingerprint density at radius 3 is 2.36 bits per heavy atom. The van der Waals surface area contributed by atoms with E-state index in [2.05, 4.69) is 82.9 Å². The third-order valence-electron chi connectivity index (χ3n) is 10.2. The number of hydrogen-bond acceptors (Lipinski definition) is 2. The summed E-state index contributed by atoms with van der Waals surface area (Å²) in [7, 11) is 0. The van der Waals surface area contributed by atoms with Crippen LogP contribution in [-0.4, -0.2) is 19.8 Å². The summed E-state index contributed by atoms with van der Waals surface area (Å²) in [5.41, 5.74) is 11.8. The predicted molar refractivity (Wildman–Crippen MR) is 195 cm³/mol. The van der Waals surface area contributed by atoms with Crippen molar-refractivity contribution in [3.05, 3.63) is 99.9 Å². The lowest BCUT2D eigenvalue weighted by Gasteiger charge is -2.39. The smallest absolute Gasteiger partial charge is 0.117 e. The van der Waals surface area contributed by atoms with Gasteiger partial charge in [-0.25, -0.2) is 0 Å². The van der Waals surface area contributed by atoms with Gasteiger partial charge in [-0.15, -0.1) is 0 Å². The highest BCUT2D eigenvalue weighted by Gasteiger charge is 2.47. The van der Waals surface area contributed by atoms with E-state index in [9.17, 15) is 0 Å². The molecule has 0 N–H and O–H groups in total. The number of benzene rings is 1. The third-order valence-corrected chi connectivity index (χ3v) is 10.2. The lowest BCUT2D eigenvalue weighted by molar-refractivity contribution is 0.150. The first-order chi connectivity index (χ1) is 22.0. The number of fused-ring (bicyclic) bond motifs is 2. The van der Waals surface area contributed by atoms with Crippen molar-refractivity contribution in [3.8, 4) is 0 Å². The molecule has 246 valence electrons. The largest absolute Gasteiger partial charge is 0.494 e. The molecule has 0 saturated carbocycles. The highest BCUT2D eigenvalue weighted by molar-refractivity contribution is 5.86. The highest BCUT2D eigenvalue weighted by atomic mass is 16.5. The fourth-order valence-electron chi connectivity index (χ4n) is 7.78. The number of ether oxygens (including phenoxy) is 2. The highest BCUT2D eigenvalue weighted by Crippen LogP contribution is 2.58. The molecule has 1 aromatic carbocycles. The van der Waals surface area contributed by atoms with E-state index in [0.29, 0.717) is 6.61 Å². The lowest BCUT2D eigenvalue weighted by atomic mass is 9.64. The SMILES string of the molecule is C=C/C(=C\C(=C/COCCCCCCCC)OCCCCCCCC)CC12CCCc3c(C)ccc(c31)C1=C2C=C(C)C=CC1. The predicted octanol–water partition coefficient (Wildman–Crippen LogP) is 12.4. The Morgan fingerprint density at radius 2 is 1.62 bits per heavy atom. The van der Waals surface area contributed by atoms with Gasteiger partial charge in [-0.2, -0.15) is 0 Å². The Hall–Kier alpha value is -2.58. The van der Waals surface area contributed by atoms with Crippen molar-refractivity contribution in [1.29, 1.82) is 0 Å². The van der Waals surface area contributed by atoms with Crippen molar-refractivity contribution >= 4 is 5.57 Å². The van der Waals surface area contributed by atoms with Crippen LogP contribution in [0.15, 0.2) is 77.6 Å². The van der Waals surface area contributed by atoms with Gasteiger partial charge < -0.3 is 9.47 Å². The van der Waals surface area contributed by atoms with Gasteiger partial charge in [0.25, 0.3) is 0 Å². The summed E-state index contributed by atoms with van der Waals surface area (Å²) in [6.45, 7) is 15.6. The minimum absolute atomic E-state index is 0.00373. The summed E-state index contributed by atoms with van der Waals surface area (Å²) in [5, 5.41) is 0. The second-order valence-electron chi connectivity index (χ2n) is 13.8. The molecule has 3 aliphatic rings. The number of aryl methyl sites for hydroxylation is 1. The Balaban J connectivity index is 1.53. The van der Waals surface area contributed by atoms with Gasteiger partial charge in [0, 0.05) is 12.0 Å². The Labute approximate surface area is 276 Å². The molecule has 0 amide bonds. The maximum absolute atomic E-state index is 6.48. The Kier molecular flexibility index (Phi) is 14.5. The summed E-state index contributed by atoms with van der Waals surface area (Å²) < 4.78 is 12.6. The molecule has 0 fully saturated rings. The van der Waals surface area contributed by atoms with E-state index in [1.807, 2.05) is 0 Å². The zero-order chi connectivity index (χ0) is 31.9. The van der Waals surface area contributed by atoms with Crippen LogP contribution in [0, 0.1) is 6.92 Å². The Morgan fingerprint density at radius 1 is 0.911 bits per heavy atom. The van der Waals surface area contributed by atoms with Crippen LogP contribution in [0.4, 0.5) is 0 Å². The molecule has 0 spiro atoms. The zero-order valence-corrected chi connectivity index (χ0v) is 29.3. The van der Waals surface area contributed by atoms with Crippen molar-refractivity contribution < 1.29 is 9.47 Å². The van der Waals surface area contributed by atoms with E-state index >= 15 is 0 Å². The quantitative estimate of drug-likeness (QED) is 0.0783. The number of rotatable bonds is 21. The fraction of sp³-hybridized carbons (Fsp3) is 0.581. The van der Waals surface area contributed by atoms with E-state index in [4.69, 9.17) is 9.47 Å². The normalized spacial score (nSPS) is 19.3. The molecule has 0 bridgehead atoms. The van der Waals surface area contributed by atoms with Crippen LogP contribution in [0.5, 0.6) is 0 Å². The molecule has 3 aliphatic carbocycles. The molecule has 2 heteroatoms. The first-order valence-corrected chi connectivity index (χ1v) is 18.5. The summed E-state index contributed by atoms with van der Waals surface area (Å²) in [4.78, 5) is 0. The molecule has 0 aromatic heterocycles. The van der Waals surface area contributed by atoms with Crippen LogP contribution in [0.3, 0.4) is 0 Å². The van der Waals surface area contributed by atoms with Crippen LogP contribution in [-0.2, 0) is 21.3 Å². The van der Waals surface area contributed by atoms with E-state index in [1.54, 1.807) is 16.7 Å². The van der Waals surface area contributed by atoms with Gasteiger partial charge in [0.15, 0.2) is 0 Å². The molecule has 1 unspecified atom stereocenters. The van der Waals surface area contributed by atoms with E-state index in [0.717, 1.165) is 44.7 Å². The summed E-state index contributed by atoms with van der Waals surface area (Å²) >= 11 is 0. The van der Waals surface area contributed by atoms with Crippen molar-refractivity contribution in [2.75, 3.05) is 19.8 Å². The first-order valence-electron chi connectivity index (χ1n) is 18.5. The first kappa shape index (κ1) is 35.3. The van der Waals surface area contributed by atoms with Gasteiger partial charge in [-0.05, 0) is 110 Å². The Bertz CT molecular complexity index is 1270. The van der Waals surface area contributed by atoms with E-state index < -0.39 is 0 Å². The average molecular weight is 611 g/mol. The topological polar surface area (TPSA) is 18.5 Å². The summed E-state index contributed by atoms with van der Waals surface area (Å²) in [5.74, 6) is 0.944. The number of allylic oxidation sites excluding steroid dienone is 9. The van der Waals surface area contributed by atoms with Gasteiger partial charge in [-0.3, -0.25) is 0 Å².